The van der Waals surface area contributed by atoms with Crippen LogP contribution in [0.3, 0.4) is 0 Å². The van der Waals surface area contributed by atoms with Crippen molar-refractivity contribution >= 4 is 11.9 Å². The molecule has 2 rings (SSSR count). The van der Waals surface area contributed by atoms with Gasteiger partial charge < -0.3 is 9.64 Å². The lowest BCUT2D eigenvalue weighted by molar-refractivity contribution is -0.151. The van der Waals surface area contributed by atoms with E-state index in [0.29, 0.717) is 39.0 Å². The van der Waals surface area contributed by atoms with E-state index in [1.54, 1.807) is 0 Å². The van der Waals surface area contributed by atoms with Crippen LogP contribution in [0.15, 0.2) is 24.3 Å². The van der Waals surface area contributed by atoms with E-state index in [4.69, 9.17) is 4.74 Å². The van der Waals surface area contributed by atoms with Gasteiger partial charge in [-0.25, -0.2) is 0 Å². The SMILES string of the molecule is CCOC(=O)C1CCN(C(=O)Cc2ccccc2C)CC1. The largest absolute Gasteiger partial charge is 0.466 e. The third-order valence-corrected chi connectivity index (χ3v) is 4.07. The third-order valence-electron chi connectivity index (χ3n) is 4.07. The molecule has 1 heterocycles. The molecule has 0 unspecified atom stereocenters. The lowest BCUT2D eigenvalue weighted by Crippen LogP contribution is -2.41. The summed E-state index contributed by atoms with van der Waals surface area (Å²) in [6.45, 7) is 5.56. The molecular weight excluding hydrogens is 266 g/mol. The second kappa shape index (κ2) is 7.25. The minimum Gasteiger partial charge on any atom is -0.466 e. The van der Waals surface area contributed by atoms with E-state index < -0.39 is 0 Å². The minimum absolute atomic E-state index is 0.0486. The molecule has 1 saturated heterocycles. The summed E-state index contributed by atoms with van der Waals surface area (Å²) in [6, 6.07) is 7.96. The van der Waals surface area contributed by atoms with Gasteiger partial charge in [0, 0.05) is 13.1 Å². The predicted octanol–water partition coefficient (Wildman–Crippen LogP) is 2.34. The van der Waals surface area contributed by atoms with Crippen molar-refractivity contribution < 1.29 is 14.3 Å². The molecule has 0 N–H and O–H groups in total. The van der Waals surface area contributed by atoms with Crippen molar-refractivity contribution in [3.63, 3.8) is 0 Å². The van der Waals surface area contributed by atoms with Gasteiger partial charge in [-0.1, -0.05) is 24.3 Å². The summed E-state index contributed by atoms with van der Waals surface area (Å²) >= 11 is 0. The molecule has 21 heavy (non-hydrogen) atoms. The van der Waals surface area contributed by atoms with Crippen LogP contribution < -0.4 is 0 Å². The van der Waals surface area contributed by atoms with Crippen LogP contribution in [-0.4, -0.2) is 36.5 Å². The van der Waals surface area contributed by atoms with E-state index in [1.807, 2.05) is 43.0 Å². The summed E-state index contributed by atoms with van der Waals surface area (Å²) < 4.78 is 5.05. The van der Waals surface area contributed by atoms with E-state index in [0.717, 1.165) is 11.1 Å². The molecule has 0 saturated carbocycles. The molecular formula is C17H23NO3. The molecule has 0 spiro atoms. The van der Waals surface area contributed by atoms with Crippen molar-refractivity contribution in [2.24, 2.45) is 5.92 Å². The highest BCUT2D eigenvalue weighted by Gasteiger charge is 2.28. The molecule has 4 heteroatoms. The van der Waals surface area contributed by atoms with Gasteiger partial charge in [0.05, 0.1) is 18.9 Å². The van der Waals surface area contributed by atoms with E-state index in [9.17, 15) is 9.59 Å². The van der Waals surface area contributed by atoms with Crippen molar-refractivity contribution in [3.05, 3.63) is 35.4 Å². The number of esters is 1. The van der Waals surface area contributed by atoms with Crippen LogP contribution in [0.2, 0.25) is 0 Å². The van der Waals surface area contributed by atoms with Gasteiger partial charge in [0.15, 0.2) is 0 Å². The van der Waals surface area contributed by atoms with E-state index in [2.05, 4.69) is 0 Å². The zero-order chi connectivity index (χ0) is 15.2. The normalized spacial score (nSPS) is 15.8. The van der Waals surface area contributed by atoms with Crippen LogP contribution in [-0.2, 0) is 20.7 Å². The molecule has 0 radical (unpaired) electrons. The Balaban J connectivity index is 1.86. The Labute approximate surface area is 126 Å². The van der Waals surface area contributed by atoms with Gasteiger partial charge in [-0.2, -0.15) is 0 Å². The quantitative estimate of drug-likeness (QED) is 0.799. The van der Waals surface area contributed by atoms with Crippen molar-refractivity contribution in [1.29, 1.82) is 0 Å². The zero-order valence-electron chi connectivity index (χ0n) is 12.8. The molecule has 1 fully saturated rings. The zero-order valence-corrected chi connectivity index (χ0v) is 12.8. The first-order valence-corrected chi connectivity index (χ1v) is 7.60. The number of ether oxygens (including phenoxy) is 1. The summed E-state index contributed by atoms with van der Waals surface area (Å²) in [5, 5.41) is 0. The molecule has 1 aromatic rings. The van der Waals surface area contributed by atoms with E-state index in [-0.39, 0.29) is 17.8 Å². The number of benzene rings is 1. The second-order valence-electron chi connectivity index (χ2n) is 5.51. The lowest BCUT2D eigenvalue weighted by Gasteiger charge is -2.31. The maximum atomic E-state index is 12.3. The summed E-state index contributed by atoms with van der Waals surface area (Å²) in [5.74, 6) is -0.0254. The Morgan fingerprint density at radius 1 is 1.24 bits per heavy atom. The molecule has 114 valence electrons. The number of aryl methyl sites for hydroxylation is 1. The van der Waals surface area contributed by atoms with Crippen molar-refractivity contribution in [2.75, 3.05) is 19.7 Å². The smallest absolute Gasteiger partial charge is 0.309 e. The first-order chi connectivity index (χ1) is 10.1. The van der Waals surface area contributed by atoms with Crippen LogP contribution in [0.1, 0.15) is 30.9 Å². The summed E-state index contributed by atoms with van der Waals surface area (Å²) in [6.07, 6.45) is 1.85. The van der Waals surface area contributed by atoms with Gasteiger partial charge in [0.1, 0.15) is 0 Å². The third kappa shape index (κ3) is 4.06. The summed E-state index contributed by atoms with van der Waals surface area (Å²) in [4.78, 5) is 25.9. The first-order valence-electron chi connectivity index (χ1n) is 7.60. The van der Waals surface area contributed by atoms with Crippen LogP contribution in [0.25, 0.3) is 0 Å². The number of rotatable bonds is 4. The number of hydrogen-bond acceptors (Lipinski definition) is 3. The van der Waals surface area contributed by atoms with Gasteiger partial charge in [-0.05, 0) is 37.8 Å². The van der Waals surface area contributed by atoms with Crippen LogP contribution in [0, 0.1) is 12.8 Å². The highest BCUT2D eigenvalue weighted by Crippen LogP contribution is 2.20. The average molecular weight is 289 g/mol. The maximum absolute atomic E-state index is 12.3. The lowest BCUT2D eigenvalue weighted by atomic mass is 9.96. The fourth-order valence-electron chi connectivity index (χ4n) is 2.71. The molecule has 0 bridgehead atoms. The average Bonchev–Trinajstić information content (AvgIpc) is 2.50. The predicted molar refractivity (Wildman–Crippen MR) is 80.8 cm³/mol. The van der Waals surface area contributed by atoms with Gasteiger partial charge in [0.2, 0.25) is 5.91 Å². The standard InChI is InChI=1S/C17H23NO3/c1-3-21-17(20)14-8-10-18(11-9-14)16(19)12-15-7-5-4-6-13(15)2/h4-7,14H,3,8-12H2,1-2H3. The van der Waals surface area contributed by atoms with Gasteiger partial charge in [-0.3, -0.25) is 9.59 Å². The Bertz CT molecular complexity index is 505. The van der Waals surface area contributed by atoms with E-state index in [1.165, 1.54) is 0 Å². The number of carbonyl (C=O) groups is 2. The Morgan fingerprint density at radius 2 is 1.90 bits per heavy atom. The first kappa shape index (κ1) is 15.5. The number of likely N-dealkylation sites (tertiary alicyclic amines) is 1. The molecule has 0 aliphatic carbocycles. The van der Waals surface area contributed by atoms with Crippen molar-refractivity contribution in [1.82, 2.24) is 4.90 Å². The fraction of sp³-hybridized carbons (Fsp3) is 0.529. The molecule has 4 nitrogen and oxygen atoms in total. The highest BCUT2D eigenvalue weighted by molar-refractivity contribution is 5.80. The van der Waals surface area contributed by atoms with Crippen molar-refractivity contribution in [2.45, 2.75) is 33.1 Å². The van der Waals surface area contributed by atoms with Crippen LogP contribution >= 0.6 is 0 Å². The number of amides is 1. The summed E-state index contributed by atoms with van der Waals surface area (Å²) in [7, 11) is 0. The van der Waals surface area contributed by atoms with Gasteiger partial charge in [0.25, 0.3) is 0 Å². The number of carbonyl (C=O) groups excluding carboxylic acids is 2. The van der Waals surface area contributed by atoms with Crippen LogP contribution in [0.5, 0.6) is 0 Å². The molecule has 1 aliphatic heterocycles. The number of hydrogen-bond donors (Lipinski definition) is 0. The summed E-state index contributed by atoms with van der Waals surface area (Å²) in [5.41, 5.74) is 2.22. The van der Waals surface area contributed by atoms with Gasteiger partial charge >= 0.3 is 5.97 Å². The molecule has 0 aromatic heterocycles. The number of piperidine rings is 1. The molecule has 1 aromatic carbocycles. The topological polar surface area (TPSA) is 46.6 Å². The fourth-order valence-corrected chi connectivity index (χ4v) is 2.71. The Morgan fingerprint density at radius 3 is 2.52 bits per heavy atom. The molecule has 1 amide bonds. The maximum Gasteiger partial charge on any atom is 0.309 e. The highest BCUT2D eigenvalue weighted by atomic mass is 16.5. The second-order valence-corrected chi connectivity index (χ2v) is 5.51. The minimum atomic E-state index is -0.122. The molecule has 1 aliphatic rings. The van der Waals surface area contributed by atoms with Crippen LogP contribution in [0.4, 0.5) is 0 Å². The van der Waals surface area contributed by atoms with Crippen molar-refractivity contribution in [3.8, 4) is 0 Å². The Kier molecular flexibility index (Phi) is 5.37. The van der Waals surface area contributed by atoms with E-state index >= 15 is 0 Å². The monoisotopic (exact) mass is 289 g/mol. The number of nitrogens with zero attached hydrogens (tertiary/aromatic N) is 1. The van der Waals surface area contributed by atoms with Gasteiger partial charge in [-0.15, -0.1) is 0 Å². The molecule has 0 atom stereocenters. The Hall–Kier alpha value is -1.84.